The molecule has 0 aromatic carbocycles. The van der Waals surface area contributed by atoms with Gasteiger partial charge in [0.05, 0.1) is 0 Å². The molecule has 0 bridgehead atoms. The third-order valence-corrected chi connectivity index (χ3v) is 0. The zero-order valence-electron chi connectivity index (χ0n) is 6.69. The van der Waals surface area contributed by atoms with Crippen LogP contribution in [0, 0.1) is 6.92 Å². The third kappa shape index (κ3) is 2870. The van der Waals surface area contributed by atoms with Crippen LogP contribution in [0.3, 0.4) is 0 Å². The molecule has 0 unspecified atom stereocenters. The van der Waals surface area contributed by atoms with E-state index in [0.29, 0.717) is 0 Å². The van der Waals surface area contributed by atoms with E-state index in [2.05, 4.69) is 6.92 Å². The first-order chi connectivity index (χ1) is 4.46. The number of aliphatic carboxylic acids is 2. The first-order valence-electron chi connectivity index (χ1n) is 2.52. The minimum atomic E-state index is -1.08. The Hall–Kier alpha value is -0.437. The van der Waals surface area contributed by atoms with Gasteiger partial charge in [-0.1, -0.05) is 0 Å². The van der Waals surface area contributed by atoms with E-state index in [1.807, 2.05) is 0 Å². The van der Waals surface area contributed by atoms with E-state index in [0.717, 1.165) is 13.8 Å². The summed E-state index contributed by atoms with van der Waals surface area (Å²) >= 11 is 0. The molecule has 1 radical (unpaired) electrons. The average molecular weight is 248 g/mol. The summed E-state index contributed by atoms with van der Waals surface area (Å²) in [6, 6.07) is 0. The second-order valence-corrected chi connectivity index (χ2v) is 0.983. The number of hydrogen-bond donors (Lipinski definition) is 0. The molecule has 0 heterocycles. The van der Waals surface area contributed by atoms with E-state index in [1.165, 1.54) is 0 Å². The molecule has 0 aliphatic heterocycles. The van der Waals surface area contributed by atoms with Crippen molar-refractivity contribution in [1.29, 1.82) is 0 Å². The molecule has 0 fully saturated rings. The van der Waals surface area contributed by atoms with Gasteiger partial charge in [0.15, 0.2) is 0 Å². The maximum atomic E-state index is 8.89. The summed E-state index contributed by atoms with van der Waals surface area (Å²) < 4.78 is 0. The van der Waals surface area contributed by atoms with Gasteiger partial charge in [0, 0.05) is 11.9 Å². The Morgan fingerprint density at radius 2 is 1.00 bits per heavy atom. The molecule has 0 saturated carbocycles. The Morgan fingerprint density at radius 3 is 1.00 bits per heavy atom. The van der Waals surface area contributed by atoms with Crippen molar-refractivity contribution in [3.05, 3.63) is 6.92 Å². The molecule has 0 rings (SSSR count). The molecule has 0 aromatic rings. The van der Waals surface area contributed by atoms with Gasteiger partial charge >= 0.3 is 19.5 Å². The predicted molar refractivity (Wildman–Crippen MR) is 32.4 cm³/mol. The maximum absolute atomic E-state index is 8.89. The summed E-state index contributed by atoms with van der Waals surface area (Å²) in [6.07, 6.45) is 0. The molecule has 0 aliphatic carbocycles. The number of hydrogen-bond acceptors (Lipinski definition) is 4. The Morgan fingerprint density at radius 1 is 1.00 bits per heavy atom. The number of carboxylic acids is 2. The minimum Gasteiger partial charge on any atom is -0.550 e. The summed E-state index contributed by atoms with van der Waals surface area (Å²) in [7, 11) is 0. The van der Waals surface area contributed by atoms with Gasteiger partial charge in [0.25, 0.3) is 0 Å². The van der Waals surface area contributed by atoms with Crippen molar-refractivity contribution in [3.63, 3.8) is 0 Å². The molecule has 11 heavy (non-hydrogen) atoms. The Bertz CT molecular complexity index is 72.6. The fourth-order valence-corrected chi connectivity index (χ4v) is 0. The van der Waals surface area contributed by atoms with E-state index in [9.17, 15) is 0 Å². The van der Waals surface area contributed by atoms with Gasteiger partial charge < -0.3 is 26.7 Å². The quantitative estimate of drug-likeness (QED) is 0.380. The van der Waals surface area contributed by atoms with Crippen molar-refractivity contribution in [3.8, 4) is 0 Å². The largest absolute Gasteiger partial charge is 3.00 e. The molecule has 0 aromatic heterocycles. The van der Waals surface area contributed by atoms with Crippen LogP contribution < -0.4 is 10.2 Å². The van der Waals surface area contributed by atoms with Crippen molar-refractivity contribution < 1.29 is 39.3 Å². The van der Waals surface area contributed by atoms with Gasteiger partial charge in [0.1, 0.15) is 0 Å². The summed E-state index contributed by atoms with van der Waals surface area (Å²) in [5, 5.41) is 17.8. The average Bonchev–Trinajstić information content (AvgIpc) is 1.66. The van der Waals surface area contributed by atoms with Crippen LogP contribution in [0.4, 0.5) is 0 Å². The molecule has 0 amide bonds. The number of carbonyl (C=O) groups excluding carboxylic acids is 2. The molecule has 67 valence electrons. The van der Waals surface area contributed by atoms with Crippen molar-refractivity contribution in [1.82, 2.24) is 0 Å². The monoisotopic (exact) mass is 249 g/mol. The van der Waals surface area contributed by atoms with Gasteiger partial charge in [-0.15, -0.1) is 0 Å². The van der Waals surface area contributed by atoms with Crippen molar-refractivity contribution in [2.75, 3.05) is 0 Å². The summed E-state index contributed by atoms with van der Waals surface area (Å²) in [5.74, 6) is -2.17. The first kappa shape index (κ1) is 22.4. The van der Waals surface area contributed by atoms with Crippen LogP contribution in [0.2, 0.25) is 0 Å². The molecule has 0 saturated heterocycles. The Kier molecular flexibility index (Phi) is 46.2. The minimum absolute atomic E-state index is 0. The van der Waals surface area contributed by atoms with E-state index >= 15 is 0 Å². The molecule has 4 nitrogen and oxygen atoms in total. The zero-order valence-corrected chi connectivity index (χ0v) is 8.43. The molecule has 0 spiro atoms. The van der Waals surface area contributed by atoms with Gasteiger partial charge in [-0.25, -0.2) is 0 Å². The van der Waals surface area contributed by atoms with E-state index in [1.54, 1.807) is 6.92 Å². The van der Waals surface area contributed by atoms with Crippen LogP contribution in [0.5, 0.6) is 0 Å². The third-order valence-electron chi connectivity index (χ3n) is 0. The molecule has 5 heteroatoms. The zero-order chi connectivity index (χ0) is 9.15. The molecular weight excluding hydrogens is 237 g/mol. The van der Waals surface area contributed by atoms with E-state index < -0.39 is 11.9 Å². The van der Waals surface area contributed by atoms with Gasteiger partial charge in [-0.2, -0.15) is 6.92 Å². The fraction of sp³-hybridized carbons (Fsp3) is 0.500. The van der Waals surface area contributed by atoms with Gasteiger partial charge in [0.2, 0.25) is 0 Å². The number of carboxylic acid groups (broad SMARTS) is 2. The fourth-order valence-electron chi connectivity index (χ4n) is 0. The van der Waals surface area contributed by atoms with Gasteiger partial charge in [-0.3, -0.25) is 0 Å². The second kappa shape index (κ2) is 22.7. The molecule has 0 N–H and O–H groups in total. The summed E-state index contributed by atoms with van der Waals surface area (Å²) in [5.41, 5.74) is 0. The smallest absolute Gasteiger partial charge is 0.550 e. The maximum Gasteiger partial charge on any atom is 3.00 e. The van der Waals surface area contributed by atoms with Crippen LogP contribution in [0.15, 0.2) is 0 Å². The van der Waals surface area contributed by atoms with Crippen molar-refractivity contribution in [2.24, 2.45) is 0 Å². The van der Waals surface area contributed by atoms with Crippen LogP contribution >= 0.6 is 0 Å². The van der Waals surface area contributed by atoms with Crippen LogP contribution in [0.25, 0.3) is 0 Å². The Labute approximate surface area is 79.4 Å². The van der Waals surface area contributed by atoms with Crippen LogP contribution in [-0.4, -0.2) is 11.9 Å². The van der Waals surface area contributed by atoms with E-state index in [4.69, 9.17) is 19.8 Å². The molecular formula is C6H11O4Ru. The number of carbonyl (C=O) groups is 2. The van der Waals surface area contributed by atoms with Crippen LogP contribution in [0.1, 0.15) is 20.8 Å². The molecule has 0 aliphatic rings. The first-order valence-corrected chi connectivity index (χ1v) is 2.52. The van der Waals surface area contributed by atoms with Crippen molar-refractivity contribution >= 4 is 11.9 Å². The predicted octanol–water partition coefficient (Wildman–Crippen LogP) is -1.65. The molecule has 0 atom stereocenters. The Balaban J connectivity index is -0.0000000339. The van der Waals surface area contributed by atoms with E-state index in [-0.39, 0.29) is 19.5 Å². The van der Waals surface area contributed by atoms with Crippen LogP contribution in [-0.2, 0) is 29.1 Å². The second-order valence-electron chi connectivity index (χ2n) is 0.983. The summed E-state index contributed by atoms with van der Waals surface area (Å²) in [4.78, 5) is 17.8. The standard InChI is InChI=1S/2C2H4O2.C2H5.Ru/c2*1-2(3)4;1-2;/h2*1H3,(H,3,4);1H2,2H3;/q;;-1;+3/p-2. The van der Waals surface area contributed by atoms with Gasteiger partial charge in [-0.05, 0) is 13.8 Å². The number of rotatable bonds is 0. The normalized spacial score (nSPS) is 5.09. The topological polar surface area (TPSA) is 80.3 Å². The SMILES string of the molecule is CC(=O)[O-].CC(=O)[O-].[CH2-]C.[Ru+3]. The summed E-state index contributed by atoms with van der Waals surface area (Å²) in [6.45, 7) is 6.94. The van der Waals surface area contributed by atoms with Crippen molar-refractivity contribution in [2.45, 2.75) is 20.8 Å².